The first-order valence-electron chi connectivity index (χ1n) is 10.8. The molecule has 0 radical (unpaired) electrons. The fourth-order valence-electron chi connectivity index (χ4n) is 4.16. The Morgan fingerprint density at radius 2 is 1.82 bits per heavy atom. The maximum atomic E-state index is 13.1. The Kier molecular flexibility index (Phi) is 9.22. The molecular weight excluding hydrogens is 360 g/mol. The summed E-state index contributed by atoms with van der Waals surface area (Å²) in [6.07, 6.45) is 7.15. The van der Waals surface area contributed by atoms with Crippen LogP contribution in [0.25, 0.3) is 0 Å². The second-order valence-corrected chi connectivity index (χ2v) is 8.10. The summed E-state index contributed by atoms with van der Waals surface area (Å²) in [4.78, 5) is 38.6. The van der Waals surface area contributed by atoms with E-state index in [1.54, 1.807) is 11.8 Å². The standard InChI is InChI=1S/C21H36N2O5/c1-4-27-21(26)18-11-8-12-23(13-18)20(25)19(22-16(3)24)15(2)28-14-17-9-6-5-7-10-17/h15,17-19H,4-14H2,1-3H3,(H,22,24). The van der Waals surface area contributed by atoms with E-state index in [9.17, 15) is 14.4 Å². The van der Waals surface area contributed by atoms with Crippen molar-refractivity contribution in [1.29, 1.82) is 0 Å². The van der Waals surface area contributed by atoms with E-state index >= 15 is 0 Å². The fraction of sp³-hybridized carbons (Fsp3) is 0.857. The van der Waals surface area contributed by atoms with Crippen LogP contribution >= 0.6 is 0 Å². The molecule has 7 nitrogen and oxygen atoms in total. The SMILES string of the molecule is CCOC(=O)C1CCCN(C(=O)C(NC(C)=O)C(C)OCC2CCCCC2)C1. The maximum Gasteiger partial charge on any atom is 0.310 e. The van der Waals surface area contributed by atoms with Crippen molar-refractivity contribution in [2.45, 2.75) is 77.9 Å². The van der Waals surface area contributed by atoms with Gasteiger partial charge in [0.2, 0.25) is 11.8 Å². The highest BCUT2D eigenvalue weighted by Crippen LogP contribution is 2.25. The minimum absolute atomic E-state index is 0.180. The highest BCUT2D eigenvalue weighted by molar-refractivity contribution is 5.88. The predicted octanol–water partition coefficient (Wildman–Crippen LogP) is 2.28. The Morgan fingerprint density at radius 3 is 2.46 bits per heavy atom. The molecule has 2 fully saturated rings. The number of likely N-dealkylation sites (tertiary alicyclic amines) is 1. The summed E-state index contributed by atoms with van der Waals surface area (Å²) in [5.74, 6) is -0.454. The average molecular weight is 397 g/mol. The van der Waals surface area contributed by atoms with E-state index in [1.165, 1.54) is 39.0 Å². The summed E-state index contributed by atoms with van der Waals surface area (Å²) in [6.45, 7) is 6.91. The van der Waals surface area contributed by atoms with Crippen molar-refractivity contribution in [1.82, 2.24) is 10.2 Å². The molecule has 1 aliphatic carbocycles. The van der Waals surface area contributed by atoms with Crippen LogP contribution in [-0.4, -0.2) is 61.1 Å². The summed E-state index contributed by atoms with van der Waals surface area (Å²) in [7, 11) is 0. The van der Waals surface area contributed by atoms with Crippen LogP contribution in [0, 0.1) is 11.8 Å². The molecule has 2 amide bonds. The number of amides is 2. The molecule has 1 N–H and O–H groups in total. The van der Waals surface area contributed by atoms with Gasteiger partial charge in [-0.05, 0) is 45.4 Å². The highest BCUT2D eigenvalue weighted by Gasteiger charge is 2.35. The number of nitrogens with one attached hydrogen (secondary N) is 1. The van der Waals surface area contributed by atoms with Crippen molar-refractivity contribution in [3.05, 3.63) is 0 Å². The van der Waals surface area contributed by atoms with Crippen LogP contribution in [0.3, 0.4) is 0 Å². The molecule has 2 aliphatic rings. The smallest absolute Gasteiger partial charge is 0.310 e. The third-order valence-corrected chi connectivity index (χ3v) is 5.77. The van der Waals surface area contributed by atoms with Gasteiger partial charge in [0.15, 0.2) is 0 Å². The third kappa shape index (κ3) is 6.76. The van der Waals surface area contributed by atoms with Crippen LogP contribution < -0.4 is 5.32 Å². The fourth-order valence-corrected chi connectivity index (χ4v) is 4.16. The van der Waals surface area contributed by atoms with Gasteiger partial charge in [0, 0.05) is 26.6 Å². The zero-order chi connectivity index (χ0) is 20.5. The third-order valence-electron chi connectivity index (χ3n) is 5.77. The van der Waals surface area contributed by atoms with Gasteiger partial charge in [-0.15, -0.1) is 0 Å². The van der Waals surface area contributed by atoms with Crippen molar-refractivity contribution in [2.24, 2.45) is 11.8 Å². The van der Waals surface area contributed by atoms with Gasteiger partial charge < -0.3 is 19.7 Å². The lowest BCUT2D eigenvalue weighted by atomic mass is 9.90. The van der Waals surface area contributed by atoms with Crippen LogP contribution in [-0.2, 0) is 23.9 Å². The molecule has 1 saturated heterocycles. The van der Waals surface area contributed by atoms with Crippen LogP contribution in [0.15, 0.2) is 0 Å². The zero-order valence-corrected chi connectivity index (χ0v) is 17.6. The van der Waals surface area contributed by atoms with Crippen molar-refractivity contribution < 1.29 is 23.9 Å². The number of carbonyl (C=O) groups is 3. The number of hydrogen-bond acceptors (Lipinski definition) is 5. The van der Waals surface area contributed by atoms with Crippen LogP contribution in [0.1, 0.15) is 65.7 Å². The molecule has 0 aromatic rings. The van der Waals surface area contributed by atoms with Crippen LogP contribution in [0.4, 0.5) is 0 Å². The van der Waals surface area contributed by atoms with E-state index in [2.05, 4.69) is 5.32 Å². The molecule has 160 valence electrons. The first kappa shape index (κ1) is 22.7. The van der Waals surface area contributed by atoms with Gasteiger partial charge >= 0.3 is 5.97 Å². The van der Waals surface area contributed by atoms with E-state index in [1.807, 2.05) is 6.92 Å². The number of carbonyl (C=O) groups excluding carboxylic acids is 3. The largest absolute Gasteiger partial charge is 0.466 e. The van der Waals surface area contributed by atoms with E-state index in [-0.39, 0.29) is 23.7 Å². The predicted molar refractivity (Wildman–Crippen MR) is 106 cm³/mol. The van der Waals surface area contributed by atoms with Crippen LogP contribution in [0.5, 0.6) is 0 Å². The monoisotopic (exact) mass is 396 g/mol. The Morgan fingerprint density at radius 1 is 1.11 bits per heavy atom. The highest BCUT2D eigenvalue weighted by atomic mass is 16.5. The lowest BCUT2D eigenvalue weighted by Gasteiger charge is -2.36. The number of nitrogens with zero attached hydrogens (tertiary/aromatic N) is 1. The second kappa shape index (κ2) is 11.4. The average Bonchev–Trinajstić information content (AvgIpc) is 2.70. The molecule has 28 heavy (non-hydrogen) atoms. The topological polar surface area (TPSA) is 84.9 Å². The number of esters is 1. The van der Waals surface area contributed by atoms with Gasteiger partial charge in [0.05, 0.1) is 18.6 Å². The number of rotatable bonds is 8. The molecule has 0 aromatic carbocycles. The molecule has 1 aliphatic heterocycles. The van der Waals surface area contributed by atoms with E-state index in [0.717, 1.165) is 12.8 Å². The number of ether oxygens (including phenoxy) is 2. The van der Waals surface area contributed by atoms with Gasteiger partial charge in [-0.3, -0.25) is 14.4 Å². The normalized spacial score (nSPS) is 23.0. The first-order valence-corrected chi connectivity index (χ1v) is 10.8. The molecule has 3 atom stereocenters. The van der Waals surface area contributed by atoms with Gasteiger partial charge in [0.25, 0.3) is 0 Å². The molecule has 7 heteroatoms. The molecule has 1 saturated carbocycles. The molecule has 2 rings (SSSR count). The van der Waals surface area contributed by atoms with Gasteiger partial charge in [-0.1, -0.05) is 19.3 Å². The number of hydrogen-bond donors (Lipinski definition) is 1. The minimum Gasteiger partial charge on any atom is -0.466 e. The van der Waals surface area contributed by atoms with Gasteiger partial charge in [-0.25, -0.2) is 0 Å². The van der Waals surface area contributed by atoms with Gasteiger partial charge in [-0.2, -0.15) is 0 Å². The van der Waals surface area contributed by atoms with E-state index < -0.39 is 12.1 Å². The summed E-state index contributed by atoms with van der Waals surface area (Å²) >= 11 is 0. The minimum atomic E-state index is -0.734. The van der Waals surface area contributed by atoms with Gasteiger partial charge in [0.1, 0.15) is 6.04 Å². The Balaban J connectivity index is 1.96. The molecule has 0 spiro atoms. The number of piperidine rings is 1. The lowest BCUT2D eigenvalue weighted by molar-refractivity contribution is -0.152. The van der Waals surface area contributed by atoms with Crippen molar-refractivity contribution >= 4 is 17.8 Å². The Hall–Kier alpha value is -1.63. The summed E-state index contributed by atoms with van der Waals surface area (Å²) in [5, 5.41) is 2.76. The quantitative estimate of drug-likeness (QED) is 0.636. The first-order chi connectivity index (χ1) is 13.4. The summed E-state index contributed by atoms with van der Waals surface area (Å²) in [6, 6.07) is -0.734. The van der Waals surface area contributed by atoms with E-state index in [4.69, 9.17) is 9.47 Å². The Labute approximate surface area is 168 Å². The van der Waals surface area contributed by atoms with Crippen molar-refractivity contribution in [2.75, 3.05) is 26.3 Å². The molecule has 0 aromatic heterocycles. The maximum absolute atomic E-state index is 13.1. The second-order valence-electron chi connectivity index (χ2n) is 8.10. The Bertz CT molecular complexity index is 533. The molecule has 0 bridgehead atoms. The molecule has 3 unspecified atom stereocenters. The lowest BCUT2D eigenvalue weighted by Crippen LogP contribution is -2.56. The summed E-state index contributed by atoms with van der Waals surface area (Å²) in [5.41, 5.74) is 0. The molecule has 1 heterocycles. The van der Waals surface area contributed by atoms with E-state index in [0.29, 0.717) is 32.2 Å². The van der Waals surface area contributed by atoms with Crippen molar-refractivity contribution in [3.8, 4) is 0 Å². The van der Waals surface area contributed by atoms with Crippen LogP contribution in [0.2, 0.25) is 0 Å². The zero-order valence-electron chi connectivity index (χ0n) is 17.6. The summed E-state index contributed by atoms with van der Waals surface area (Å²) < 4.78 is 11.1. The molecular formula is C21H36N2O5. The van der Waals surface area contributed by atoms with Crippen molar-refractivity contribution in [3.63, 3.8) is 0 Å².